The van der Waals surface area contributed by atoms with Crippen LogP contribution in [0.4, 0.5) is 5.69 Å². The number of rotatable bonds is 4. The summed E-state index contributed by atoms with van der Waals surface area (Å²) < 4.78 is 0. The molecule has 3 nitrogen and oxygen atoms in total. The van der Waals surface area contributed by atoms with Crippen LogP contribution in [0.15, 0.2) is 55.1 Å². The van der Waals surface area contributed by atoms with Crippen molar-refractivity contribution in [2.75, 3.05) is 5.32 Å². The van der Waals surface area contributed by atoms with E-state index < -0.39 is 0 Å². The lowest BCUT2D eigenvalue weighted by Gasteiger charge is -2.13. The lowest BCUT2D eigenvalue weighted by Crippen LogP contribution is -2.13. The molecular weight excluding hydrogens is 234 g/mol. The predicted octanol–water partition coefficient (Wildman–Crippen LogP) is 3.36. The number of nitrogens with two attached hydrogens (primary N) is 1. The highest BCUT2D eigenvalue weighted by molar-refractivity contribution is 6.01. The Morgan fingerprint density at radius 2 is 1.74 bits per heavy atom. The largest absolute Gasteiger partial charge is 0.384 e. The van der Waals surface area contributed by atoms with E-state index in [1.165, 1.54) is 5.56 Å². The van der Waals surface area contributed by atoms with Crippen LogP contribution in [0.3, 0.4) is 0 Å². The average molecular weight is 251 g/mol. The Morgan fingerprint density at radius 3 is 2.37 bits per heavy atom. The second-order valence-electron chi connectivity index (χ2n) is 4.43. The zero-order valence-corrected chi connectivity index (χ0v) is 10.9. The Hall–Kier alpha value is -2.55. The smallest absolute Gasteiger partial charge is 0.124 e. The number of nitrogen functional groups attached to an aromatic ring is 1. The number of aryl methyl sites for hydroxylation is 1. The molecule has 0 aliphatic rings. The fourth-order valence-corrected chi connectivity index (χ4v) is 1.82. The molecule has 4 N–H and O–H groups in total. The topological polar surface area (TPSA) is 61.9 Å². The third kappa shape index (κ3) is 3.01. The number of amidine groups is 1. The van der Waals surface area contributed by atoms with Crippen LogP contribution in [0.2, 0.25) is 0 Å². The van der Waals surface area contributed by atoms with E-state index in [0.29, 0.717) is 5.56 Å². The average Bonchev–Trinajstić information content (AvgIpc) is 2.39. The maximum Gasteiger partial charge on any atom is 0.124 e. The van der Waals surface area contributed by atoms with Crippen molar-refractivity contribution < 1.29 is 0 Å². The van der Waals surface area contributed by atoms with Gasteiger partial charge in [0.2, 0.25) is 0 Å². The molecule has 0 aliphatic heterocycles. The summed E-state index contributed by atoms with van der Waals surface area (Å²) in [6.07, 6.45) is 0. The number of para-hydroxylation sites is 1. The van der Waals surface area contributed by atoms with Crippen molar-refractivity contribution in [1.82, 2.24) is 0 Å². The van der Waals surface area contributed by atoms with Crippen molar-refractivity contribution in [3.8, 4) is 0 Å². The van der Waals surface area contributed by atoms with Crippen LogP contribution in [-0.4, -0.2) is 5.84 Å². The van der Waals surface area contributed by atoms with Gasteiger partial charge in [0, 0.05) is 16.9 Å². The monoisotopic (exact) mass is 251 g/mol. The second-order valence-corrected chi connectivity index (χ2v) is 4.43. The van der Waals surface area contributed by atoms with Crippen LogP contribution in [0, 0.1) is 12.3 Å². The van der Waals surface area contributed by atoms with E-state index in [-0.39, 0.29) is 5.84 Å². The predicted molar refractivity (Wildman–Crippen MR) is 81.3 cm³/mol. The molecule has 96 valence electrons. The Balaban J connectivity index is 2.24. The molecule has 2 aromatic rings. The summed E-state index contributed by atoms with van der Waals surface area (Å²) in [6, 6.07) is 15.6. The lowest BCUT2D eigenvalue weighted by atomic mass is 10.1. The summed E-state index contributed by atoms with van der Waals surface area (Å²) in [5.41, 5.74) is 10.0. The maximum atomic E-state index is 7.56. The van der Waals surface area contributed by atoms with E-state index in [1.54, 1.807) is 0 Å². The van der Waals surface area contributed by atoms with Crippen LogP contribution in [-0.2, 0) is 0 Å². The summed E-state index contributed by atoms with van der Waals surface area (Å²) in [5.74, 6) is 0.0415. The SMILES string of the molecule is C=C(Nc1ccccc1C(=N)N)c1ccc(C)cc1. The first kappa shape index (κ1) is 12.9. The summed E-state index contributed by atoms with van der Waals surface area (Å²) in [4.78, 5) is 0. The third-order valence-electron chi connectivity index (χ3n) is 2.90. The first-order chi connectivity index (χ1) is 9.08. The number of hydrogen-bond acceptors (Lipinski definition) is 2. The normalized spacial score (nSPS) is 9.95. The van der Waals surface area contributed by atoms with Gasteiger partial charge in [-0.05, 0) is 24.6 Å². The number of nitrogens with one attached hydrogen (secondary N) is 2. The van der Waals surface area contributed by atoms with Gasteiger partial charge in [-0.25, -0.2) is 0 Å². The van der Waals surface area contributed by atoms with Crippen LogP contribution in [0.25, 0.3) is 5.70 Å². The van der Waals surface area contributed by atoms with Crippen molar-refractivity contribution in [2.45, 2.75) is 6.92 Å². The number of hydrogen-bond donors (Lipinski definition) is 3. The molecular formula is C16H17N3. The molecule has 0 amide bonds. The standard InChI is InChI=1S/C16H17N3/c1-11-7-9-13(10-8-11)12(2)19-15-6-4-3-5-14(15)16(17)18/h3-10,19H,2H2,1H3,(H3,17,18). The zero-order valence-electron chi connectivity index (χ0n) is 10.9. The highest BCUT2D eigenvalue weighted by Gasteiger charge is 2.06. The third-order valence-corrected chi connectivity index (χ3v) is 2.90. The maximum absolute atomic E-state index is 7.56. The summed E-state index contributed by atoms with van der Waals surface area (Å²) in [7, 11) is 0. The molecule has 0 aliphatic carbocycles. The van der Waals surface area contributed by atoms with Crippen molar-refractivity contribution >= 4 is 17.2 Å². The first-order valence-electron chi connectivity index (χ1n) is 6.04. The molecule has 0 fully saturated rings. The van der Waals surface area contributed by atoms with Gasteiger partial charge in [-0.1, -0.05) is 48.5 Å². The van der Waals surface area contributed by atoms with Crippen LogP contribution in [0.5, 0.6) is 0 Å². The Bertz CT molecular complexity index is 612. The van der Waals surface area contributed by atoms with Crippen molar-refractivity contribution in [1.29, 1.82) is 5.41 Å². The molecule has 0 heterocycles. The van der Waals surface area contributed by atoms with Crippen LogP contribution < -0.4 is 11.1 Å². The Kier molecular flexibility index (Phi) is 3.66. The quantitative estimate of drug-likeness (QED) is 0.576. The van der Waals surface area contributed by atoms with Crippen molar-refractivity contribution in [2.24, 2.45) is 5.73 Å². The minimum Gasteiger partial charge on any atom is -0.384 e. The van der Waals surface area contributed by atoms with Crippen LogP contribution >= 0.6 is 0 Å². The van der Waals surface area contributed by atoms with E-state index in [0.717, 1.165) is 16.9 Å². The van der Waals surface area contributed by atoms with E-state index in [1.807, 2.05) is 55.5 Å². The van der Waals surface area contributed by atoms with Gasteiger partial charge < -0.3 is 11.1 Å². The molecule has 0 atom stereocenters. The first-order valence-corrected chi connectivity index (χ1v) is 6.04. The Morgan fingerprint density at radius 1 is 1.11 bits per heavy atom. The van der Waals surface area contributed by atoms with E-state index in [4.69, 9.17) is 11.1 Å². The summed E-state index contributed by atoms with van der Waals surface area (Å²) >= 11 is 0. The second kappa shape index (κ2) is 5.40. The van der Waals surface area contributed by atoms with Gasteiger partial charge in [0.25, 0.3) is 0 Å². The molecule has 0 saturated heterocycles. The Labute approximate surface area is 113 Å². The van der Waals surface area contributed by atoms with Gasteiger partial charge in [0.15, 0.2) is 0 Å². The van der Waals surface area contributed by atoms with Gasteiger partial charge >= 0.3 is 0 Å². The van der Waals surface area contributed by atoms with Gasteiger partial charge in [-0.3, -0.25) is 5.41 Å². The van der Waals surface area contributed by atoms with E-state index in [2.05, 4.69) is 11.9 Å². The molecule has 0 saturated carbocycles. The molecule has 2 rings (SSSR count). The molecule has 0 aromatic heterocycles. The van der Waals surface area contributed by atoms with Crippen LogP contribution in [0.1, 0.15) is 16.7 Å². The van der Waals surface area contributed by atoms with Crippen molar-refractivity contribution in [3.63, 3.8) is 0 Å². The molecule has 19 heavy (non-hydrogen) atoms. The molecule has 2 aromatic carbocycles. The molecule has 0 spiro atoms. The van der Waals surface area contributed by atoms with Gasteiger partial charge in [-0.15, -0.1) is 0 Å². The fraction of sp³-hybridized carbons (Fsp3) is 0.0625. The number of benzene rings is 2. The van der Waals surface area contributed by atoms with Gasteiger partial charge in [-0.2, -0.15) is 0 Å². The minimum atomic E-state index is 0.0415. The highest BCUT2D eigenvalue weighted by atomic mass is 14.9. The van der Waals surface area contributed by atoms with Gasteiger partial charge in [0.1, 0.15) is 5.84 Å². The highest BCUT2D eigenvalue weighted by Crippen LogP contribution is 2.20. The van der Waals surface area contributed by atoms with E-state index in [9.17, 15) is 0 Å². The zero-order chi connectivity index (χ0) is 13.8. The summed E-state index contributed by atoms with van der Waals surface area (Å²) in [6.45, 7) is 6.07. The molecule has 0 bridgehead atoms. The molecule has 0 unspecified atom stereocenters. The lowest BCUT2D eigenvalue weighted by molar-refractivity contribution is 1.41. The fourth-order valence-electron chi connectivity index (χ4n) is 1.82. The minimum absolute atomic E-state index is 0.0415. The van der Waals surface area contributed by atoms with Gasteiger partial charge in [0.05, 0.1) is 0 Å². The summed E-state index contributed by atoms with van der Waals surface area (Å²) in [5, 5.41) is 10.8. The molecule has 0 radical (unpaired) electrons. The number of anilines is 1. The van der Waals surface area contributed by atoms with Crippen molar-refractivity contribution in [3.05, 3.63) is 71.8 Å². The molecule has 3 heteroatoms. The van der Waals surface area contributed by atoms with E-state index >= 15 is 0 Å².